The molecular weight excluding hydrogens is 208 g/mol. The first kappa shape index (κ1) is 10.6. The van der Waals surface area contributed by atoms with Crippen LogP contribution in [-0.4, -0.2) is 25.5 Å². The van der Waals surface area contributed by atoms with E-state index in [1.165, 1.54) is 5.56 Å². The summed E-state index contributed by atoms with van der Waals surface area (Å²) in [5.74, 6) is 0.391. The molecule has 2 N–H and O–H groups in total. The number of hydrogen-bond donors (Lipinski definition) is 2. The van der Waals surface area contributed by atoms with Crippen LogP contribution in [0.25, 0.3) is 0 Å². The minimum atomic E-state index is 0.187. The minimum absolute atomic E-state index is 0.187. The molecular formula is C11H16N2OS. The van der Waals surface area contributed by atoms with Gasteiger partial charge in [0.1, 0.15) is 0 Å². The van der Waals surface area contributed by atoms with Crippen molar-refractivity contribution in [3.05, 3.63) is 22.4 Å². The second-order valence-electron chi connectivity index (χ2n) is 3.86. The van der Waals surface area contributed by atoms with Crippen molar-refractivity contribution in [2.24, 2.45) is 5.92 Å². The SMILES string of the molecule is O=C(NCCc1ccsc1)[C@@H]1CCNC1. The predicted octanol–water partition coefficient (Wildman–Crippen LogP) is 1.02. The third-order valence-electron chi connectivity index (χ3n) is 2.72. The minimum Gasteiger partial charge on any atom is -0.355 e. The number of thiophene rings is 1. The van der Waals surface area contributed by atoms with Gasteiger partial charge in [-0.05, 0) is 41.8 Å². The van der Waals surface area contributed by atoms with Crippen molar-refractivity contribution < 1.29 is 4.79 Å². The van der Waals surface area contributed by atoms with Crippen molar-refractivity contribution >= 4 is 17.2 Å². The van der Waals surface area contributed by atoms with Gasteiger partial charge >= 0.3 is 0 Å². The molecule has 0 radical (unpaired) electrons. The van der Waals surface area contributed by atoms with E-state index in [9.17, 15) is 4.79 Å². The normalized spacial score (nSPS) is 20.4. The molecule has 1 atom stereocenters. The molecule has 82 valence electrons. The summed E-state index contributed by atoms with van der Waals surface area (Å²) >= 11 is 1.70. The maximum absolute atomic E-state index is 11.6. The number of hydrogen-bond acceptors (Lipinski definition) is 3. The van der Waals surface area contributed by atoms with E-state index in [1.807, 2.05) is 0 Å². The van der Waals surface area contributed by atoms with Crippen LogP contribution in [0.2, 0.25) is 0 Å². The molecule has 0 saturated carbocycles. The molecule has 2 rings (SSSR count). The van der Waals surface area contributed by atoms with E-state index in [2.05, 4.69) is 27.5 Å². The summed E-state index contributed by atoms with van der Waals surface area (Å²) in [7, 11) is 0. The third-order valence-corrected chi connectivity index (χ3v) is 3.46. The molecule has 1 amide bonds. The van der Waals surface area contributed by atoms with Crippen LogP contribution in [0.3, 0.4) is 0 Å². The van der Waals surface area contributed by atoms with Crippen molar-refractivity contribution in [2.45, 2.75) is 12.8 Å². The zero-order chi connectivity index (χ0) is 10.5. The summed E-state index contributed by atoms with van der Waals surface area (Å²) in [5, 5.41) is 10.4. The predicted molar refractivity (Wildman–Crippen MR) is 62.0 cm³/mol. The van der Waals surface area contributed by atoms with Gasteiger partial charge < -0.3 is 10.6 Å². The molecule has 1 aromatic heterocycles. The quantitative estimate of drug-likeness (QED) is 0.801. The van der Waals surface area contributed by atoms with Crippen LogP contribution in [0.15, 0.2) is 16.8 Å². The Morgan fingerprint density at radius 2 is 2.60 bits per heavy atom. The van der Waals surface area contributed by atoms with Gasteiger partial charge in [-0.25, -0.2) is 0 Å². The molecule has 3 nitrogen and oxygen atoms in total. The maximum Gasteiger partial charge on any atom is 0.224 e. The van der Waals surface area contributed by atoms with Gasteiger partial charge in [0.25, 0.3) is 0 Å². The third kappa shape index (κ3) is 3.04. The van der Waals surface area contributed by atoms with Crippen LogP contribution < -0.4 is 10.6 Å². The van der Waals surface area contributed by atoms with Crippen molar-refractivity contribution in [2.75, 3.05) is 19.6 Å². The smallest absolute Gasteiger partial charge is 0.224 e. The van der Waals surface area contributed by atoms with Crippen molar-refractivity contribution in [1.29, 1.82) is 0 Å². The first-order valence-corrected chi connectivity index (χ1v) is 6.30. The first-order valence-electron chi connectivity index (χ1n) is 5.36. The van der Waals surface area contributed by atoms with Crippen LogP contribution in [0, 0.1) is 5.92 Å². The molecule has 0 aromatic carbocycles. The highest BCUT2D eigenvalue weighted by Crippen LogP contribution is 2.08. The molecule has 1 aliphatic rings. The van der Waals surface area contributed by atoms with Gasteiger partial charge in [-0.3, -0.25) is 4.79 Å². The van der Waals surface area contributed by atoms with Crippen LogP contribution in [0.4, 0.5) is 0 Å². The summed E-state index contributed by atoms with van der Waals surface area (Å²) in [6, 6.07) is 2.11. The molecule has 0 spiro atoms. The van der Waals surface area contributed by atoms with E-state index in [0.717, 1.165) is 32.5 Å². The average molecular weight is 224 g/mol. The van der Waals surface area contributed by atoms with Gasteiger partial charge in [0.15, 0.2) is 0 Å². The Bertz CT molecular complexity index is 304. The summed E-state index contributed by atoms with van der Waals surface area (Å²) in [4.78, 5) is 11.6. The Morgan fingerprint density at radius 3 is 3.27 bits per heavy atom. The Morgan fingerprint density at radius 1 is 1.67 bits per heavy atom. The lowest BCUT2D eigenvalue weighted by molar-refractivity contribution is -0.124. The van der Waals surface area contributed by atoms with Gasteiger partial charge in [-0.15, -0.1) is 0 Å². The Kier molecular flexibility index (Phi) is 3.75. The zero-order valence-corrected chi connectivity index (χ0v) is 9.48. The number of rotatable bonds is 4. The van der Waals surface area contributed by atoms with Crippen LogP contribution in [0.5, 0.6) is 0 Å². The van der Waals surface area contributed by atoms with Crippen LogP contribution in [-0.2, 0) is 11.2 Å². The standard InChI is InChI=1S/C11H16N2OS/c14-11(10-2-4-12-7-10)13-5-1-9-3-6-15-8-9/h3,6,8,10,12H,1-2,4-5,7H2,(H,13,14)/t10-/m1/s1. The zero-order valence-electron chi connectivity index (χ0n) is 8.66. The monoisotopic (exact) mass is 224 g/mol. The Balaban J connectivity index is 1.67. The van der Waals surface area contributed by atoms with Crippen LogP contribution in [0.1, 0.15) is 12.0 Å². The Hall–Kier alpha value is -0.870. The van der Waals surface area contributed by atoms with E-state index in [-0.39, 0.29) is 11.8 Å². The fourth-order valence-corrected chi connectivity index (χ4v) is 2.49. The van der Waals surface area contributed by atoms with E-state index in [4.69, 9.17) is 0 Å². The lowest BCUT2D eigenvalue weighted by Crippen LogP contribution is -2.33. The summed E-state index contributed by atoms with van der Waals surface area (Å²) in [6.07, 6.45) is 1.92. The molecule has 1 aromatic rings. The van der Waals surface area contributed by atoms with E-state index < -0.39 is 0 Å². The molecule has 2 heterocycles. The molecule has 0 bridgehead atoms. The van der Waals surface area contributed by atoms with Gasteiger partial charge in [0.2, 0.25) is 5.91 Å². The summed E-state index contributed by atoms with van der Waals surface area (Å²) in [6.45, 7) is 2.57. The fraction of sp³-hybridized carbons (Fsp3) is 0.545. The topological polar surface area (TPSA) is 41.1 Å². The lowest BCUT2D eigenvalue weighted by Gasteiger charge is -2.08. The van der Waals surface area contributed by atoms with Crippen molar-refractivity contribution in [1.82, 2.24) is 10.6 Å². The molecule has 0 aliphatic carbocycles. The molecule has 4 heteroatoms. The highest BCUT2D eigenvalue weighted by Gasteiger charge is 2.21. The van der Waals surface area contributed by atoms with Gasteiger partial charge in [-0.1, -0.05) is 0 Å². The van der Waals surface area contributed by atoms with Crippen molar-refractivity contribution in [3.63, 3.8) is 0 Å². The van der Waals surface area contributed by atoms with E-state index >= 15 is 0 Å². The molecule has 15 heavy (non-hydrogen) atoms. The van der Waals surface area contributed by atoms with Gasteiger partial charge in [-0.2, -0.15) is 11.3 Å². The fourth-order valence-electron chi connectivity index (χ4n) is 1.79. The maximum atomic E-state index is 11.6. The molecule has 1 saturated heterocycles. The van der Waals surface area contributed by atoms with E-state index in [0.29, 0.717) is 0 Å². The highest BCUT2D eigenvalue weighted by atomic mass is 32.1. The number of nitrogens with one attached hydrogen (secondary N) is 2. The van der Waals surface area contributed by atoms with Gasteiger partial charge in [0, 0.05) is 13.1 Å². The summed E-state index contributed by atoms with van der Waals surface area (Å²) in [5.41, 5.74) is 1.31. The average Bonchev–Trinajstić information content (AvgIpc) is 2.90. The van der Waals surface area contributed by atoms with Gasteiger partial charge in [0.05, 0.1) is 5.92 Å². The van der Waals surface area contributed by atoms with Crippen LogP contribution >= 0.6 is 11.3 Å². The lowest BCUT2D eigenvalue weighted by atomic mass is 10.1. The second kappa shape index (κ2) is 5.28. The molecule has 1 fully saturated rings. The number of amides is 1. The number of carbonyl (C=O) groups excluding carboxylic acids is 1. The Labute approximate surface area is 93.9 Å². The summed E-state index contributed by atoms with van der Waals surface area (Å²) < 4.78 is 0. The van der Waals surface area contributed by atoms with E-state index in [1.54, 1.807) is 11.3 Å². The molecule has 1 aliphatic heterocycles. The largest absolute Gasteiger partial charge is 0.355 e. The molecule has 0 unspecified atom stereocenters. The second-order valence-corrected chi connectivity index (χ2v) is 4.64. The van der Waals surface area contributed by atoms with Crippen molar-refractivity contribution in [3.8, 4) is 0 Å². The number of carbonyl (C=O) groups is 1. The first-order chi connectivity index (χ1) is 7.36. The highest BCUT2D eigenvalue weighted by molar-refractivity contribution is 7.07.